The van der Waals surface area contributed by atoms with Crippen molar-refractivity contribution in [3.63, 3.8) is 0 Å². The molecule has 0 fully saturated rings. The Hall–Kier alpha value is -0.410. The lowest BCUT2D eigenvalue weighted by molar-refractivity contribution is 0.246. The van der Waals surface area contributed by atoms with Crippen LogP contribution in [0, 0.1) is 12.3 Å². The number of nitrogens with zero attached hydrogens (tertiary/aromatic N) is 1. The third-order valence-electron chi connectivity index (χ3n) is 3.62. The molecule has 1 heterocycles. The van der Waals surface area contributed by atoms with E-state index in [0.29, 0.717) is 5.41 Å². The van der Waals surface area contributed by atoms with E-state index in [2.05, 4.69) is 43.4 Å². The Morgan fingerprint density at radius 1 is 1.29 bits per heavy atom. The first kappa shape index (κ1) is 14.7. The summed E-state index contributed by atoms with van der Waals surface area (Å²) in [5, 5.41) is 7.04. The second kappa shape index (κ2) is 7.12. The second-order valence-corrected chi connectivity index (χ2v) is 5.89. The van der Waals surface area contributed by atoms with Gasteiger partial charge in [0.25, 0.3) is 0 Å². The van der Waals surface area contributed by atoms with Gasteiger partial charge >= 0.3 is 0 Å². The summed E-state index contributed by atoms with van der Waals surface area (Å²) in [5.41, 5.74) is 1.55. The topological polar surface area (TPSA) is 24.9 Å². The van der Waals surface area contributed by atoms with Crippen LogP contribution in [0.1, 0.15) is 50.7 Å². The molecule has 1 aromatic rings. The van der Waals surface area contributed by atoms with E-state index in [1.807, 2.05) is 11.3 Å². The Balaban J connectivity index is 2.63. The molecule has 0 unspecified atom stereocenters. The number of hydrogen-bond donors (Lipinski definition) is 1. The van der Waals surface area contributed by atoms with Gasteiger partial charge in [0.2, 0.25) is 0 Å². The van der Waals surface area contributed by atoms with Crippen molar-refractivity contribution in [2.45, 2.75) is 53.4 Å². The highest BCUT2D eigenvalue weighted by Crippen LogP contribution is 2.31. The van der Waals surface area contributed by atoms with Crippen LogP contribution in [0.3, 0.4) is 0 Å². The maximum Gasteiger partial charge on any atom is 0.0934 e. The Morgan fingerprint density at radius 2 is 2.00 bits per heavy atom. The SMILES string of the molecule is CCCNCC(CC)(CC)Cc1nc(C)cs1. The Labute approximate surface area is 110 Å². The van der Waals surface area contributed by atoms with Crippen molar-refractivity contribution in [2.24, 2.45) is 5.41 Å². The lowest BCUT2D eigenvalue weighted by Gasteiger charge is -2.31. The van der Waals surface area contributed by atoms with Gasteiger partial charge in [-0.2, -0.15) is 0 Å². The van der Waals surface area contributed by atoms with Gasteiger partial charge in [0, 0.05) is 24.0 Å². The third-order valence-corrected chi connectivity index (χ3v) is 4.59. The van der Waals surface area contributed by atoms with E-state index in [4.69, 9.17) is 0 Å². The zero-order valence-electron chi connectivity index (χ0n) is 11.7. The summed E-state index contributed by atoms with van der Waals surface area (Å²) >= 11 is 1.81. The number of nitrogens with one attached hydrogen (secondary N) is 1. The summed E-state index contributed by atoms with van der Waals surface area (Å²) in [6.45, 7) is 11.1. The minimum absolute atomic E-state index is 0.388. The van der Waals surface area contributed by atoms with E-state index in [1.165, 1.54) is 24.3 Å². The van der Waals surface area contributed by atoms with Crippen molar-refractivity contribution in [1.82, 2.24) is 10.3 Å². The Bertz CT molecular complexity index is 316. The normalized spacial score (nSPS) is 12.0. The molecule has 98 valence electrons. The fourth-order valence-electron chi connectivity index (χ4n) is 2.15. The highest BCUT2D eigenvalue weighted by Gasteiger charge is 2.27. The highest BCUT2D eigenvalue weighted by molar-refractivity contribution is 7.09. The van der Waals surface area contributed by atoms with Crippen LogP contribution < -0.4 is 5.32 Å². The molecule has 0 spiro atoms. The minimum Gasteiger partial charge on any atom is -0.316 e. The molecule has 0 aliphatic rings. The molecule has 0 aliphatic heterocycles. The van der Waals surface area contributed by atoms with Crippen molar-refractivity contribution >= 4 is 11.3 Å². The van der Waals surface area contributed by atoms with Crippen molar-refractivity contribution in [1.29, 1.82) is 0 Å². The molecule has 0 amide bonds. The highest BCUT2D eigenvalue weighted by atomic mass is 32.1. The predicted octanol–water partition coefficient (Wildman–Crippen LogP) is 3.80. The van der Waals surface area contributed by atoms with Crippen molar-refractivity contribution in [3.8, 4) is 0 Å². The quantitative estimate of drug-likeness (QED) is 0.714. The number of hydrogen-bond acceptors (Lipinski definition) is 3. The van der Waals surface area contributed by atoms with Gasteiger partial charge in [-0.05, 0) is 38.1 Å². The molecule has 0 aromatic carbocycles. The largest absolute Gasteiger partial charge is 0.316 e. The lowest BCUT2D eigenvalue weighted by Crippen LogP contribution is -2.35. The minimum atomic E-state index is 0.388. The zero-order valence-corrected chi connectivity index (χ0v) is 12.5. The summed E-state index contributed by atoms with van der Waals surface area (Å²) in [6, 6.07) is 0. The predicted molar refractivity (Wildman–Crippen MR) is 76.7 cm³/mol. The molecule has 2 nitrogen and oxygen atoms in total. The van der Waals surface area contributed by atoms with E-state index in [9.17, 15) is 0 Å². The molecule has 0 aliphatic carbocycles. The number of aryl methyl sites for hydroxylation is 1. The fourth-order valence-corrected chi connectivity index (χ4v) is 3.09. The van der Waals surface area contributed by atoms with Crippen LogP contribution in [-0.4, -0.2) is 18.1 Å². The fraction of sp³-hybridized carbons (Fsp3) is 0.786. The zero-order chi connectivity index (χ0) is 12.7. The molecule has 17 heavy (non-hydrogen) atoms. The van der Waals surface area contributed by atoms with Crippen LogP contribution in [0.5, 0.6) is 0 Å². The van der Waals surface area contributed by atoms with Crippen LogP contribution in [0.15, 0.2) is 5.38 Å². The molecular formula is C14H26N2S. The third kappa shape index (κ3) is 4.40. The van der Waals surface area contributed by atoms with Gasteiger partial charge in [-0.25, -0.2) is 4.98 Å². The van der Waals surface area contributed by atoms with Crippen molar-refractivity contribution in [3.05, 3.63) is 16.1 Å². The average molecular weight is 254 g/mol. The first-order chi connectivity index (χ1) is 8.15. The second-order valence-electron chi connectivity index (χ2n) is 4.94. The maximum atomic E-state index is 4.61. The van der Waals surface area contributed by atoms with Crippen molar-refractivity contribution in [2.75, 3.05) is 13.1 Å². The molecule has 1 rings (SSSR count). The smallest absolute Gasteiger partial charge is 0.0934 e. The number of rotatable bonds is 8. The monoisotopic (exact) mass is 254 g/mol. The van der Waals surface area contributed by atoms with Gasteiger partial charge in [0.1, 0.15) is 0 Å². The van der Waals surface area contributed by atoms with Crippen LogP contribution >= 0.6 is 11.3 Å². The van der Waals surface area contributed by atoms with Gasteiger partial charge in [-0.1, -0.05) is 20.8 Å². The molecule has 1 N–H and O–H groups in total. The van der Waals surface area contributed by atoms with E-state index in [-0.39, 0.29) is 0 Å². The molecule has 3 heteroatoms. The van der Waals surface area contributed by atoms with Crippen molar-refractivity contribution < 1.29 is 0 Å². The summed E-state index contributed by atoms with van der Waals surface area (Å²) in [5.74, 6) is 0. The van der Waals surface area contributed by atoms with E-state index in [0.717, 1.165) is 25.2 Å². The van der Waals surface area contributed by atoms with Gasteiger partial charge in [-0.15, -0.1) is 11.3 Å². The van der Waals surface area contributed by atoms with E-state index < -0.39 is 0 Å². The lowest BCUT2D eigenvalue weighted by atomic mass is 9.79. The first-order valence-corrected chi connectivity index (χ1v) is 7.65. The Morgan fingerprint density at radius 3 is 2.47 bits per heavy atom. The van der Waals surface area contributed by atoms with E-state index >= 15 is 0 Å². The maximum absolute atomic E-state index is 4.61. The first-order valence-electron chi connectivity index (χ1n) is 6.77. The summed E-state index contributed by atoms with van der Waals surface area (Å²) in [7, 11) is 0. The van der Waals surface area contributed by atoms with Crippen LogP contribution in [-0.2, 0) is 6.42 Å². The van der Waals surface area contributed by atoms with Crippen LogP contribution in [0.4, 0.5) is 0 Å². The molecule has 0 radical (unpaired) electrons. The molecule has 0 saturated heterocycles. The molecule has 0 saturated carbocycles. The number of thiazole rings is 1. The number of aromatic nitrogens is 1. The van der Waals surface area contributed by atoms with Crippen LogP contribution in [0.2, 0.25) is 0 Å². The van der Waals surface area contributed by atoms with Gasteiger partial charge in [0.15, 0.2) is 0 Å². The van der Waals surface area contributed by atoms with E-state index in [1.54, 1.807) is 0 Å². The van der Waals surface area contributed by atoms with Gasteiger partial charge in [-0.3, -0.25) is 0 Å². The molecule has 0 bridgehead atoms. The standard InChI is InChI=1S/C14H26N2S/c1-5-8-15-11-14(6-2,7-3)9-13-16-12(4)10-17-13/h10,15H,5-9,11H2,1-4H3. The van der Waals surface area contributed by atoms with Crippen LogP contribution in [0.25, 0.3) is 0 Å². The summed E-state index contributed by atoms with van der Waals surface area (Å²) in [6.07, 6.45) is 4.77. The summed E-state index contributed by atoms with van der Waals surface area (Å²) in [4.78, 5) is 4.61. The Kier molecular flexibility index (Phi) is 6.14. The summed E-state index contributed by atoms with van der Waals surface area (Å²) < 4.78 is 0. The molecule has 0 atom stereocenters. The van der Waals surface area contributed by atoms with Gasteiger partial charge < -0.3 is 5.32 Å². The molecule has 1 aromatic heterocycles. The van der Waals surface area contributed by atoms with Gasteiger partial charge in [0.05, 0.1) is 5.01 Å². The molecular weight excluding hydrogens is 228 g/mol. The average Bonchev–Trinajstić information content (AvgIpc) is 2.73.